The van der Waals surface area contributed by atoms with Crippen LogP contribution in [0.3, 0.4) is 0 Å². The molecule has 1 aromatic rings. The van der Waals surface area contributed by atoms with Crippen LogP contribution in [0, 0.1) is 10.1 Å². The van der Waals surface area contributed by atoms with Gasteiger partial charge in [0.25, 0.3) is 5.69 Å². The van der Waals surface area contributed by atoms with Crippen molar-refractivity contribution in [3.63, 3.8) is 0 Å². The van der Waals surface area contributed by atoms with Crippen molar-refractivity contribution in [1.29, 1.82) is 0 Å². The number of piperazine rings is 1. The topological polar surface area (TPSA) is 75.5 Å². The van der Waals surface area contributed by atoms with E-state index in [1.54, 1.807) is 24.0 Å². The molecule has 1 atom stereocenters. The molecule has 0 aromatic heterocycles. The molecule has 1 unspecified atom stereocenters. The molecule has 1 amide bonds. The lowest BCUT2D eigenvalue weighted by Crippen LogP contribution is -2.47. The molecule has 1 aliphatic rings. The van der Waals surface area contributed by atoms with E-state index in [0.717, 1.165) is 12.1 Å². The van der Waals surface area contributed by atoms with Crippen LogP contribution >= 0.6 is 0 Å². The molecule has 1 heterocycles. The van der Waals surface area contributed by atoms with Crippen molar-refractivity contribution in [1.82, 2.24) is 10.2 Å². The molecule has 1 fully saturated rings. The number of non-ortho nitro benzene ring substituents is 1. The molecule has 0 bridgehead atoms. The first kappa shape index (κ1) is 12.5. The lowest BCUT2D eigenvalue weighted by Gasteiger charge is -2.35. The van der Waals surface area contributed by atoms with Gasteiger partial charge in [-0.05, 0) is 5.56 Å². The summed E-state index contributed by atoms with van der Waals surface area (Å²) in [5.41, 5.74) is 0.986. The maximum Gasteiger partial charge on any atom is 0.269 e. The fourth-order valence-corrected chi connectivity index (χ4v) is 2.20. The number of nitro groups is 1. The van der Waals surface area contributed by atoms with Crippen LogP contribution in [0.5, 0.6) is 0 Å². The fourth-order valence-electron chi connectivity index (χ4n) is 2.20. The van der Waals surface area contributed by atoms with E-state index in [1.165, 1.54) is 12.1 Å². The first-order chi connectivity index (χ1) is 8.59. The summed E-state index contributed by atoms with van der Waals surface area (Å²) in [6.07, 6.45) is 0. The summed E-state index contributed by atoms with van der Waals surface area (Å²) in [7, 11) is 0. The summed E-state index contributed by atoms with van der Waals surface area (Å²) < 4.78 is 0. The molecule has 1 aromatic carbocycles. The summed E-state index contributed by atoms with van der Waals surface area (Å²) in [6, 6.07) is 6.33. The Morgan fingerprint density at radius 1 is 1.44 bits per heavy atom. The van der Waals surface area contributed by atoms with E-state index in [2.05, 4.69) is 5.32 Å². The van der Waals surface area contributed by atoms with Gasteiger partial charge in [0.05, 0.1) is 11.0 Å². The monoisotopic (exact) mass is 249 g/mol. The van der Waals surface area contributed by atoms with Crippen molar-refractivity contribution in [2.75, 3.05) is 19.6 Å². The Balaban J connectivity index is 2.23. The van der Waals surface area contributed by atoms with Gasteiger partial charge in [0.15, 0.2) is 0 Å². The average molecular weight is 249 g/mol. The van der Waals surface area contributed by atoms with Gasteiger partial charge in [-0.25, -0.2) is 0 Å². The Morgan fingerprint density at radius 3 is 2.67 bits per heavy atom. The summed E-state index contributed by atoms with van der Waals surface area (Å²) in [5.74, 6) is 0.0276. The minimum atomic E-state index is -0.425. The molecule has 0 radical (unpaired) electrons. The number of nitro benzene ring substituents is 1. The Hall–Kier alpha value is -1.95. The van der Waals surface area contributed by atoms with Gasteiger partial charge in [-0.1, -0.05) is 12.1 Å². The Bertz CT molecular complexity index is 458. The molecular formula is C12H15N3O3. The molecule has 18 heavy (non-hydrogen) atoms. The number of hydrogen-bond donors (Lipinski definition) is 1. The van der Waals surface area contributed by atoms with Crippen molar-refractivity contribution < 1.29 is 9.72 Å². The normalized spacial score (nSPS) is 19.6. The molecule has 96 valence electrons. The number of nitrogens with one attached hydrogen (secondary N) is 1. The van der Waals surface area contributed by atoms with E-state index < -0.39 is 4.92 Å². The molecule has 0 aliphatic carbocycles. The third-order valence-electron chi connectivity index (χ3n) is 3.14. The van der Waals surface area contributed by atoms with Crippen LogP contribution in [0.2, 0.25) is 0 Å². The summed E-state index contributed by atoms with van der Waals surface area (Å²) in [5, 5.41) is 13.8. The Labute approximate surface area is 105 Å². The lowest BCUT2D eigenvalue weighted by atomic mass is 10.0. The third kappa shape index (κ3) is 2.48. The van der Waals surface area contributed by atoms with Crippen LogP contribution in [0.25, 0.3) is 0 Å². The summed E-state index contributed by atoms with van der Waals surface area (Å²) in [6.45, 7) is 3.67. The number of carbonyl (C=O) groups excluding carboxylic acids is 1. The molecule has 6 heteroatoms. The van der Waals surface area contributed by atoms with Crippen molar-refractivity contribution in [2.24, 2.45) is 0 Å². The van der Waals surface area contributed by atoms with Crippen molar-refractivity contribution >= 4 is 11.6 Å². The number of rotatable bonds is 2. The van der Waals surface area contributed by atoms with Crippen LogP contribution in [-0.4, -0.2) is 35.4 Å². The van der Waals surface area contributed by atoms with Gasteiger partial charge in [0.1, 0.15) is 0 Å². The molecule has 6 nitrogen and oxygen atoms in total. The number of benzene rings is 1. The quantitative estimate of drug-likeness (QED) is 0.628. The average Bonchev–Trinajstić information content (AvgIpc) is 2.39. The first-order valence-electron chi connectivity index (χ1n) is 5.82. The SMILES string of the molecule is CC(=O)N1CCNCC1c1ccc([N+](=O)[O-])cc1. The largest absolute Gasteiger partial charge is 0.333 e. The molecule has 2 rings (SSSR count). The van der Waals surface area contributed by atoms with Crippen LogP contribution in [0.1, 0.15) is 18.5 Å². The lowest BCUT2D eigenvalue weighted by molar-refractivity contribution is -0.384. The molecule has 0 spiro atoms. The van der Waals surface area contributed by atoms with E-state index in [0.29, 0.717) is 13.1 Å². The van der Waals surface area contributed by atoms with Gasteiger partial charge in [0.2, 0.25) is 5.91 Å². The van der Waals surface area contributed by atoms with Gasteiger partial charge >= 0.3 is 0 Å². The van der Waals surface area contributed by atoms with Crippen LogP contribution in [0.15, 0.2) is 24.3 Å². The first-order valence-corrected chi connectivity index (χ1v) is 5.82. The Morgan fingerprint density at radius 2 is 2.11 bits per heavy atom. The fraction of sp³-hybridized carbons (Fsp3) is 0.417. The van der Waals surface area contributed by atoms with Crippen LogP contribution in [0.4, 0.5) is 5.69 Å². The number of carbonyl (C=O) groups is 1. The van der Waals surface area contributed by atoms with Gasteiger partial charge in [-0.2, -0.15) is 0 Å². The predicted octanol–water partition coefficient (Wildman–Crippen LogP) is 1.09. The maximum absolute atomic E-state index is 11.5. The smallest absolute Gasteiger partial charge is 0.269 e. The van der Waals surface area contributed by atoms with Gasteiger partial charge < -0.3 is 10.2 Å². The minimum Gasteiger partial charge on any atom is -0.333 e. The second kappa shape index (κ2) is 5.14. The zero-order valence-electron chi connectivity index (χ0n) is 10.1. The van der Waals surface area contributed by atoms with E-state index >= 15 is 0 Å². The number of nitrogens with zero attached hydrogens (tertiary/aromatic N) is 2. The third-order valence-corrected chi connectivity index (χ3v) is 3.14. The number of hydrogen-bond acceptors (Lipinski definition) is 4. The van der Waals surface area contributed by atoms with Crippen LogP contribution in [-0.2, 0) is 4.79 Å². The van der Waals surface area contributed by atoms with Crippen LogP contribution < -0.4 is 5.32 Å². The van der Waals surface area contributed by atoms with E-state index in [-0.39, 0.29) is 17.6 Å². The van der Waals surface area contributed by atoms with E-state index in [4.69, 9.17) is 0 Å². The zero-order valence-corrected chi connectivity index (χ0v) is 10.1. The molecule has 1 N–H and O–H groups in total. The van der Waals surface area contributed by atoms with E-state index in [9.17, 15) is 14.9 Å². The molecule has 1 aliphatic heterocycles. The predicted molar refractivity (Wildman–Crippen MR) is 66.1 cm³/mol. The highest BCUT2D eigenvalue weighted by Crippen LogP contribution is 2.24. The van der Waals surface area contributed by atoms with Gasteiger partial charge in [-0.15, -0.1) is 0 Å². The summed E-state index contributed by atoms with van der Waals surface area (Å²) >= 11 is 0. The highest BCUT2D eigenvalue weighted by Gasteiger charge is 2.25. The second-order valence-corrected chi connectivity index (χ2v) is 4.28. The second-order valence-electron chi connectivity index (χ2n) is 4.28. The zero-order chi connectivity index (χ0) is 13.1. The van der Waals surface area contributed by atoms with Crippen molar-refractivity contribution in [3.05, 3.63) is 39.9 Å². The maximum atomic E-state index is 11.5. The molecule has 0 saturated carbocycles. The highest BCUT2D eigenvalue weighted by molar-refractivity contribution is 5.74. The van der Waals surface area contributed by atoms with Gasteiger partial charge in [-0.3, -0.25) is 14.9 Å². The minimum absolute atomic E-state index is 0.0276. The Kier molecular flexibility index (Phi) is 3.57. The highest BCUT2D eigenvalue weighted by atomic mass is 16.6. The van der Waals surface area contributed by atoms with Gasteiger partial charge in [0, 0.05) is 38.7 Å². The molecule has 1 saturated heterocycles. The van der Waals surface area contributed by atoms with E-state index in [1.807, 2.05) is 0 Å². The molecular weight excluding hydrogens is 234 g/mol. The standard InChI is InChI=1S/C12H15N3O3/c1-9(16)14-7-6-13-8-12(14)10-2-4-11(5-3-10)15(17)18/h2-5,12-13H,6-8H2,1H3. The summed E-state index contributed by atoms with van der Waals surface area (Å²) in [4.78, 5) is 23.5. The van der Waals surface area contributed by atoms with Crippen molar-refractivity contribution in [3.8, 4) is 0 Å². The van der Waals surface area contributed by atoms with Crippen molar-refractivity contribution in [2.45, 2.75) is 13.0 Å². The number of amides is 1.